The van der Waals surface area contributed by atoms with Crippen LogP contribution in [0.25, 0.3) is 0 Å². The van der Waals surface area contributed by atoms with E-state index in [2.05, 4.69) is 26.3 Å². The monoisotopic (exact) mass is 260 g/mol. The molecule has 0 aliphatic heterocycles. The van der Waals surface area contributed by atoms with Crippen LogP contribution in [0.3, 0.4) is 0 Å². The number of hydrogen-bond acceptors (Lipinski definition) is 3. The number of carbonyl (C=O) groups is 1. The molecule has 0 aliphatic carbocycles. The molecule has 0 saturated heterocycles. The van der Waals surface area contributed by atoms with Gasteiger partial charge in [-0.2, -0.15) is 5.10 Å². The van der Waals surface area contributed by atoms with Crippen molar-refractivity contribution in [2.24, 2.45) is 12.8 Å². The molecule has 0 unspecified atom stereocenters. The molecular weight excluding hydrogens is 248 g/mol. The number of nitrogens with one attached hydrogen (secondary N) is 1. The number of hydrogen-bond donors (Lipinski definition) is 2. The second-order valence-electron chi connectivity index (χ2n) is 3.04. The molecule has 0 atom stereocenters. The maximum absolute atomic E-state index is 10.5. The Morgan fingerprint density at radius 2 is 2.36 bits per heavy atom. The van der Waals surface area contributed by atoms with Gasteiger partial charge in [-0.1, -0.05) is 0 Å². The normalized spacial score (nSPS) is 10.5. The Bertz CT molecular complexity index is 347. The molecule has 0 fully saturated rings. The minimum atomic E-state index is -0.361. The Morgan fingerprint density at radius 1 is 1.71 bits per heavy atom. The largest absolute Gasteiger partial charge is 0.369 e. The number of rotatable bonds is 4. The van der Waals surface area contributed by atoms with Crippen LogP contribution in [-0.4, -0.2) is 22.2 Å². The van der Waals surface area contributed by atoms with Crippen LogP contribution >= 0.6 is 15.9 Å². The summed E-state index contributed by atoms with van der Waals surface area (Å²) in [4.78, 5) is 10.5. The number of carbonyl (C=O) groups excluding carboxylic acids is 1. The van der Waals surface area contributed by atoms with E-state index in [0.29, 0.717) is 6.54 Å². The highest BCUT2D eigenvalue weighted by Crippen LogP contribution is 2.19. The fourth-order valence-electron chi connectivity index (χ4n) is 1.18. The summed E-state index contributed by atoms with van der Waals surface area (Å²) in [5, 5.41) is 7.15. The average Bonchev–Trinajstić information content (AvgIpc) is 2.31. The van der Waals surface area contributed by atoms with Gasteiger partial charge in [-0.05, 0) is 22.9 Å². The lowest BCUT2D eigenvalue weighted by Gasteiger charge is -2.03. The number of aryl methyl sites for hydroxylation is 2. The molecule has 78 valence electrons. The molecule has 0 aliphatic rings. The molecular formula is C8H13BrN4O. The lowest BCUT2D eigenvalue weighted by Crippen LogP contribution is -2.28. The third-order valence-corrected chi connectivity index (χ3v) is 2.88. The van der Waals surface area contributed by atoms with E-state index in [4.69, 9.17) is 5.73 Å². The summed E-state index contributed by atoms with van der Waals surface area (Å²) in [7, 11) is 1.86. The molecule has 0 radical (unpaired) electrons. The summed E-state index contributed by atoms with van der Waals surface area (Å²) in [5.41, 5.74) is 6.94. The topological polar surface area (TPSA) is 72.9 Å². The van der Waals surface area contributed by atoms with E-state index in [-0.39, 0.29) is 12.5 Å². The Hall–Kier alpha value is -0.880. The van der Waals surface area contributed by atoms with Crippen LogP contribution in [0.2, 0.25) is 0 Å². The predicted octanol–water partition coefficient (Wildman–Crippen LogP) is 0.0659. The molecule has 14 heavy (non-hydrogen) atoms. The molecule has 1 aromatic heterocycles. The van der Waals surface area contributed by atoms with Gasteiger partial charge in [-0.3, -0.25) is 9.48 Å². The predicted molar refractivity (Wildman–Crippen MR) is 56.5 cm³/mol. The first-order valence-electron chi connectivity index (χ1n) is 4.19. The Kier molecular flexibility index (Phi) is 3.65. The van der Waals surface area contributed by atoms with Crippen molar-refractivity contribution in [1.29, 1.82) is 0 Å². The summed E-state index contributed by atoms with van der Waals surface area (Å²) in [5.74, 6) is -0.361. The summed E-state index contributed by atoms with van der Waals surface area (Å²) in [6, 6.07) is 0. The van der Waals surface area contributed by atoms with Crippen molar-refractivity contribution in [2.45, 2.75) is 13.5 Å². The molecule has 1 rings (SSSR count). The van der Waals surface area contributed by atoms with Crippen LogP contribution in [-0.2, 0) is 18.4 Å². The van der Waals surface area contributed by atoms with E-state index in [1.54, 1.807) is 4.68 Å². The van der Waals surface area contributed by atoms with E-state index < -0.39 is 0 Å². The SMILES string of the molecule is Cc1nn(C)c(CNCC(N)=O)c1Br. The smallest absolute Gasteiger partial charge is 0.231 e. The first kappa shape index (κ1) is 11.2. The zero-order valence-electron chi connectivity index (χ0n) is 8.17. The highest BCUT2D eigenvalue weighted by Gasteiger charge is 2.09. The maximum Gasteiger partial charge on any atom is 0.231 e. The van der Waals surface area contributed by atoms with E-state index in [0.717, 1.165) is 15.9 Å². The Labute approximate surface area is 90.8 Å². The van der Waals surface area contributed by atoms with Crippen molar-refractivity contribution >= 4 is 21.8 Å². The minimum Gasteiger partial charge on any atom is -0.369 e. The van der Waals surface area contributed by atoms with Gasteiger partial charge < -0.3 is 11.1 Å². The van der Waals surface area contributed by atoms with Crippen molar-refractivity contribution in [3.05, 3.63) is 15.9 Å². The molecule has 1 heterocycles. The second kappa shape index (κ2) is 4.56. The van der Waals surface area contributed by atoms with Gasteiger partial charge in [0.15, 0.2) is 0 Å². The van der Waals surface area contributed by atoms with Crippen LogP contribution in [0.4, 0.5) is 0 Å². The van der Waals surface area contributed by atoms with Crippen LogP contribution < -0.4 is 11.1 Å². The number of nitrogens with zero attached hydrogens (tertiary/aromatic N) is 2. The molecule has 3 N–H and O–H groups in total. The zero-order valence-corrected chi connectivity index (χ0v) is 9.76. The van der Waals surface area contributed by atoms with Crippen molar-refractivity contribution in [3.63, 3.8) is 0 Å². The Balaban J connectivity index is 2.62. The van der Waals surface area contributed by atoms with Gasteiger partial charge in [0.1, 0.15) is 0 Å². The maximum atomic E-state index is 10.5. The molecule has 0 spiro atoms. The first-order chi connectivity index (χ1) is 6.52. The molecule has 5 nitrogen and oxygen atoms in total. The molecule has 0 bridgehead atoms. The minimum absolute atomic E-state index is 0.177. The van der Waals surface area contributed by atoms with E-state index in [1.165, 1.54) is 0 Å². The average molecular weight is 261 g/mol. The molecule has 0 aromatic carbocycles. The number of nitrogens with two attached hydrogens (primary N) is 1. The highest BCUT2D eigenvalue weighted by molar-refractivity contribution is 9.10. The van der Waals surface area contributed by atoms with Crippen LogP contribution in [0.1, 0.15) is 11.4 Å². The fraction of sp³-hybridized carbons (Fsp3) is 0.500. The van der Waals surface area contributed by atoms with Gasteiger partial charge in [0.25, 0.3) is 0 Å². The summed E-state index contributed by atoms with van der Waals surface area (Å²) >= 11 is 3.43. The zero-order chi connectivity index (χ0) is 10.7. The summed E-state index contributed by atoms with van der Waals surface area (Å²) < 4.78 is 2.74. The Morgan fingerprint density at radius 3 is 2.79 bits per heavy atom. The number of halogens is 1. The van der Waals surface area contributed by atoms with Crippen LogP contribution in [0.5, 0.6) is 0 Å². The van der Waals surface area contributed by atoms with Gasteiger partial charge in [0, 0.05) is 13.6 Å². The third kappa shape index (κ3) is 2.55. The lowest BCUT2D eigenvalue weighted by atomic mass is 10.3. The first-order valence-corrected chi connectivity index (χ1v) is 4.98. The summed E-state index contributed by atoms with van der Waals surface area (Å²) in [6.45, 7) is 2.67. The van der Waals surface area contributed by atoms with Gasteiger partial charge in [0.05, 0.1) is 22.4 Å². The van der Waals surface area contributed by atoms with Crippen molar-refractivity contribution in [3.8, 4) is 0 Å². The van der Waals surface area contributed by atoms with Crippen LogP contribution in [0, 0.1) is 6.92 Å². The highest BCUT2D eigenvalue weighted by atomic mass is 79.9. The standard InChI is InChI=1S/C8H13BrN4O/c1-5-8(9)6(13(2)12-5)3-11-4-7(10)14/h11H,3-4H2,1-2H3,(H2,10,14). The van der Waals surface area contributed by atoms with Gasteiger partial charge in [0.2, 0.25) is 5.91 Å². The van der Waals surface area contributed by atoms with Gasteiger partial charge in [-0.25, -0.2) is 0 Å². The fourth-order valence-corrected chi connectivity index (χ4v) is 1.65. The number of aromatic nitrogens is 2. The quantitative estimate of drug-likeness (QED) is 0.805. The van der Waals surface area contributed by atoms with E-state index >= 15 is 0 Å². The number of amides is 1. The van der Waals surface area contributed by atoms with E-state index in [9.17, 15) is 4.79 Å². The van der Waals surface area contributed by atoms with Crippen LogP contribution in [0.15, 0.2) is 4.47 Å². The molecule has 1 amide bonds. The van der Waals surface area contributed by atoms with E-state index in [1.807, 2.05) is 14.0 Å². The van der Waals surface area contributed by atoms with Crippen molar-refractivity contribution in [1.82, 2.24) is 15.1 Å². The molecule has 1 aromatic rings. The van der Waals surface area contributed by atoms with Crippen molar-refractivity contribution < 1.29 is 4.79 Å². The van der Waals surface area contributed by atoms with Crippen molar-refractivity contribution in [2.75, 3.05) is 6.54 Å². The third-order valence-electron chi connectivity index (χ3n) is 1.85. The lowest BCUT2D eigenvalue weighted by molar-refractivity contribution is -0.117. The van der Waals surface area contributed by atoms with Gasteiger partial charge >= 0.3 is 0 Å². The second-order valence-corrected chi connectivity index (χ2v) is 3.83. The molecule has 6 heteroatoms. The molecule has 0 saturated carbocycles. The number of primary amides is 1. The van der Waals surface area contributed by atoms with Gasteiger partial charge in [-0.15, -0.1) is 0 Å². The summed E-state index contributed by atoms with van der Waals surface area (Å²) in [6.07, 6.45) is 0.